The third-order valence-corrected chi connectivity index (χ3v) is 11.7. The lowest BCUT2D eigenvalue weighted by molar-refractivity contribution is -0.870. The molecule has 0 aliphatic rings. The largest absolute Gasteiger partial charge is 0.756 e. The Balaban J connectivity index is 4.82. The van der Waals surface area contributed by atoms with E-state index in [0.717, 1.165) is 31.6 Å². The lowest BCUT2D eigenvalue weighted by Gasteiger charge is -2.28. The van der Waals surface area contributed by atoms with Gasteiger partial charge in [-0.25, -0.2) is 0 Å². The van der Waals surface area contributed by atoms with E-state index in [1.54, 1.807) is 0 Å². The van der Waals surface area contributed by atoms with Crippen molar-refractivity contribution >= 4 is 19.8 Å². The van der Waals surface area contributed by atoms with Crippen LogP contribution in [0.25, 0.3) is 0 Å². The van der Waals surface area contributed by atoms with Gasteiger partial charge in [0.1, 0.15) is 19.8 Å². The summed E-state index contributed by atoms with van der Waals surface area (Å²) in [4.78, 5) is 38.4. The number of unbranched alkanes of at least 4 members (excludes halogenated alkanes) is 15. The number of ether oxygens (including phenoxy) is 2. The number of carbonyl (C=O) groups excluding carboxylic acids is 2. The molecule has 0 heterocycles. The van der Waals surface area contributed by atoms with Crippen LogP contribution in [0, 0.1) is 29.6 Å². The predicted octanol–water partition coefficient (Wildman–Crippen LogP) is 11.8. The number of quaternary nitrogens is 1. The fourth-order valence-electron chi connectivity index (χ4n) is 7.69. The fraction of sp³-hybridized carbons (Fsp3) is 0.956. The lowest BCUT2D eigenvalue weighted by Crippen LogP contribution is -2.37. The van der Waals surface area contributed by atoms with Gasteiger partial charge in [-0.1, -0.05) is 158 Å². The van der Waals surface area contributed by atoms with Crippen LogP contribution in [-0.4, -0.2) is 70.0 Å². The van der Waals surface area contributed by atoms with E-state index >= 15 is 0 Å². The van der Waals surface area contributed by atoms with Crippen LogP contribution < -0.4 is 4.89 Å². The number of rotatable bonds is 38. The monoisotopic (exact) mass is 804 g/mol. The van der Waals surface area contributed by atoms with Gasteiger partial charge in [0.2, 0.25) is 0 Å². The molecule has 10 heteroatoms. The van der Waals surface area contributed by atoms with Gasteiger partial charge in [0, 0.05) is 6.42 Å². The maximum Gasteiger partial charge on any atom is 0.308 e. The van der Waals surface area contributed by atoms with E-state index in [0.29, 0.717) is 41.6 Å². The zero-order valence-corrected chi connectivity index (χ0v) is 38.6. The number of likely N-dealkylation sites (N-methyl/N-ethyl adjacent to an activating group) is 1. The minimum atomic E-state index is -4.64. The van der Waals surface area contributed by atoms with Crippen molar-refractivity contribution in [3.05, 3.63) is 0 Å². The molecular formula is C45H90NO8P. The molecular weight excluding hydrogens is 713 g/mol. The van der Waals surface area contributed by atoms with Gasteiger partial charge in [-0.05, 0) is 55.8 Å². The number of phosphoric acid groups is 1. The second kappa shape index (κ2) is 32.9. The van der Waals surface area contributed by atoms with Crippen LogP contribution in [0.1, 0.15) is 196 Å². The molecule has 55 heavy (non-hydrogen) atoms. The zero-order chi connectivity index (χ0) is 41.5. The summed E-state index contributed by atoms with van der Waals surface area (Å²) in [5.41, 5.74) is 0. The second-order valence-corrected chi connectivity index (χ2v) is 19.8. The van der Waals surface area contributed by atoms with E-state index in [4.69, 9.17) is 18.5 Å². The molecule has 0 saturated heterocycles. The van der Waals surface area contributed by atoms with Crippen molar-refractivity contribution in [2.75, 3.05) is 47.5 Å². The summed E-state index contributed by atoms with van der Waals surface area (Å²) >= 11 is 0. The zero-order valence-electron chi connectivity index (χ0n) is 37.7. The number of hydrogen-bond acceptors (Lipinski definition) is 8. The summed E-state index contributed by atoms with van der Waals surface area (Å²) in [6, 6.07) is 0. The van der Waals surface area contributed by atoms with Crippen molar-refractivity contribution in [2.24, 2.45) is 29.6 Å². The first-order valence-electron chi connectivity index (χ1n) is 22.7. The Morgan fingerprint density at radius 3 is 1.56 bits per heavy atom. The van der Waals surface area contributed by atoms with Gasteiger partial charge < -0.3 is 27.9 Å². The predicted molar refractivity (Wildman–Crippen MR) is 227 cm³/mol. The smallest absolute Gasteiger partial charge is 0.308 e. The molecule has 0 aliphatic heterocycles. The number of phosphoric ester groups is 1. The highest BCUT2D eigenvalue weighted by molar-refractivity contribution is 7.45. The first kappa shape index (κ1) is 54.0. The topological polar surface area (TPSA) is 111 Å². The van der Waals surface area contributed by atoms with Gasteiger partial charge >= 0.3 is 11.9 Å². The Kier molecular flexibility index (Phi) is 32.3. The summed E-state index contributed by atoms with van der Waals surface area (Å²) in [6.07, 6.45) is 25.7. The van der Waals surface area contributed by atoms with Crippen LogP contribution in [0.4, 0.5) is 0 Å². The minimum Gasteiger partial charge on any atom is -0.756 e. The first-order chi connectivity index (χ1) is 26.0. The van der Waals surface area contributed by atoms with Gasteiger partial charge in [0.15, 0.2) is 6.10 Å². The number of esters is 2. The molecule has 0 N–H and O–H groups in total. The lowest BCUT2D eigenvalue weighted by atomic mass is 9.82. The third-order valence-electron chi connectivity index (χ3n) is 10.7. The summed E-state index contributed by atoms with van der Waals surface area (Å²) in [7, 11) is 1.15. The molecule has 0 aliphatic carbocycles. The summed E-state index contributed by atoms with van der Waals surface area (Å²) in [6.45, 7) is 15.3. The highest BCUT2D eigenvalue weighted by Gasteiger charge is 2.25. The summed E-state index contributed by atoms with van der Waals surface area (Å²) in [5.74, 6) is 1.20. The van der Waals surface area contributed by atoms with E-state index in [9.17, 15) is 19.0 Å². The Bertz CT molecular complexity index is 988. The number of carbonyl (C=O) groups is 2. The highest BCUT2D eigenvalue weighted by Crippen LogP contribution is 2.38. The highest BCUT2D eigenvalue weighted by atomic mass is 31.2. The molecule has 0 rings (SSSR count). The van der Waals surface area contributed by atoms with Crippen LogP contribution in [-0.2, 0) is 32.7 Å². The molecule has 0 spiro atoms. The van der Waals surface area contributed by atoms with Crippen molar-refractivity contribution in [3.8, 4) is 0 Å². The van der Waals surface area contributed by atoms with Crippen molar-refractivity contribution in [1.82, 2.24) is 0 Å². The molecule has 0 saturated carbocycles. The Hall–Kier alpha value is -0.990. The molecule has 0 aromatic heterocycles. The van der Waals surface area contributed by atoms with Crippen LogP contribution in [0.2, 0.25) is 0 Å². The van der Waals surface area contributed by atoms with Gasteiger partial charge in [-0.2, -0.15) is 0 Å². The fourth-order valence-corrected chi connectivity index (χ4v) is 8.42. The van der Waals surface area contributed by atoms with Crippen LogP contribution in [0.15, 0.2) is 0 Å². The minimum absolute atomic E-state index is 0.0335. The van der Waals surface area contributed by atoms with E-state index in [1.807, 2.05) is 28.1 Å². The van der Waals surface area contributed by atoms with Crippen molar-refractivity contribution in [2.45, 2.75) is 202 Å². The van der Waals surface area contributed by atoms with Crippen LogP contribution in [0.5, 0.6) is 0 Å². The quantitative estimate of drug-likeness (QED) is 0.0262. The van der Waals surface area contributed by atoms with Gasteiger partial charge in [-0.15, -0.1) is 0 Å². The SMILES string of the molecule is CCCCCCCCCCCCCCCC(=O)O[C@H](COC(=O)[C@@H](C)C[C@@H](C)C[C@@H](C)C[C@@H](C)C[C@@H](C)CCCCCC)COP(=O)([O-])OCC[N+](C)(C)C. The summed E-state index contributed by atoms with van der Waals surface area (Å²) in [5, 5.41) is 0. The average Bonchev–Trinajstić information content (AvgIpc) is 3.08. The van der Waals surface area contributed by atoms with Gasteiger partial charge in [-0.3, -0.25) is 14.2 Å². The molecule has 0 bridgehead atoms. The third kappa shape index (κ3) is 34.7. The van der Waals surface area contributed by atoms with E-state index in [1.165, 1.54) is 103 Å². The summed E-state index contributed by atoms with van der Waals surface area (Å²) < 4.78 is 34.4. The van der Waals surface area contributed by atoms with E-state index < -0.39 is 26.5 Å². The average molecular weight is 804 g/mol. The normalized spacial score (nSPS) is 16.5. The van der Waals surface area contributed by atoms with Crippen molar-refractivity contribution in [1.29, 1.82) is 0 Å². The molecule has 0 fully saturated rings. The van der Waals surface area contributed by atoms with E-state index in [-0.39, 0.29) is 31.5 Å². The van der Waals surface area contributed by atoms with Crippen LogP contribution >= 0.6 is 7.82 Å². The molecule has 9 nitrogen and oxygen atoms in total. The Morgan fingerprint density at radius 2 is 1.05 bits per heavy atom. The van der Waals surface area contributed by atoms with Gasteiger partial charge in [0.25, 0.3) is 7.82 Å². The molecule has 1 unspecified atom stereocenters. The van der Waals surface area contributed by atoms with Crippen molar-refractivity contribution < 1.29 is 42.1 Å². The molecule has 7 atom stereocenters. The second-order valence-electron chi connectivity index (χ2n) is 18.4. The molecule has 0 aromatic rings. The first-order valence-corrected chi connectivity index (χ1v) is 24.2. The Labute approximate surface area is 340 Å². The standard InChI is InChI=1S/C45H90NO8P/c1-11-13-15-17-18-19-20-21-22-23-24-25-27-29-44(47)54-43(37-53-55(49,50)52-31-30-46(8,9)10)36-51-45(48)42(7)35-41(6)34-40(5)33-39(4)32-38(3)28-26-16-14-12-2/h38-43H,11-37H2,1-10H3/t38-,39-,40-,41-,42-,43+/m0/s1. The molecule has 0 amide bonds. The molecule has 0 aromatic carbocycles. The van der Waals surface area contributed by atoms with Gasteiger partial charge in [0.05, 0.1) is 33.7 Å². The van der Waals surface area contributed by atoms with E-state index in [2.05, 4.69) is 41.5 Å². The van der Waals surface area contributed by atoms with Crippen LogP contribution in [0.3, 0.4) is 0 Å². The van der Waals surface area contributed by atoms with Crippen molar-refractivity contribution in [3.63, 3.8) is 0 Å². The Morgan fingerprint density at radius 1 is 0.600 bits per heavy atom. The number of hydrogen-bond donors (Lipinski definition) is 0. The number of nitrogens with zero attached hydrogens (tertiary/aromatic N) is 1. The molecule has 0 radical (unpaired) electrons. The maximum absolute atomic E-state index is 13.1. The maximum atomic E-state index is 13.1. The molecule has 328 valence electrons.